The van der Waals surface area contributed by atoms with Crippen molar-refractivity contribution in [2.75, 3.05) is 13.1 Å². The summed E-state index contributed by atoms with van der Waals surface area (Å²) in [6, 6.07) is 8.19. The molecule has 0 radical (unpaired) electrons. The van der Waals surface area contributed by atoms with E-state index in [0.717, 1.165) is 4.73 Å². The first-order valence-corrected chi connectivity index (χ1v) is 9.23. The van der Waals surface area contributed by atoms with Crippen molar-refractivity contribution in [3.63, 3.8) is 0 Å². The summed E-state index contributed by atoms with van der Waals surface area (Å²) in [6.07, 6.45) is -4.05. The quantitative estimate of drug-likeness (QED) is 0.758. The van der Waals surface area contributed by atoms with Crippen LogP contribution in [-0.4, -0.2) is 46.2 Å². The van der Waals surface area contributed by atoms with E-state index in [0.29, 0.717) is 41.3 Å². The Morgan fingerprint density at radius 3 is 2.66 bits per heavy atom. The molecule has 10 heteroatoms. The van der Waals surface area contributed by atoms with Crippen LogP contribution in [0.3, 0.4) is 0 Å². The Hall–Kier alpha value is -2.68. The maximum atomic E-state index is 12.5. The first-order valence-electron chi connectivity index (χ1n) is 8.85. The van der Waals surface area contributed by atoms with Crippen LogP contribution >= 0.6 is 11.6 Å². The second-order valence-electron chi connectivity index (χ2n) is 6.76. The first kappa shape index (κ1) is 21.0. The highest BCUT2D eigenvalue weighted by Gasteiger charge is 2.31. The van der Waals surface area contributed by atoms with Crippen molar-refractivity contribution >= 4 is 17.5 Å². The van der Waals surface area contributed by atoms with E-state index in [1.807, 2.05) is 0 Å². The van der Waals surface area contributed by atoms with Gasteiger partial charge in [0, 0.05) is 24.2 Å². The summed E-state index contributed by atoms with van der Waals surface area (Å²) in [5.41, 5.74) is 1.44. The van der Waals surface area contributed by atoms with Gasteiger partial charge in [-0.25, -0.2) is 0 Å². The number of carbonyl (C=O) groups is 1. The van der Waals surface area contributed by atoms with Crippen LogP contribution in [0.5, 0.6) is 5.75 Å². The van der Waals surface area contributed by atoms with Crippen LogP contribution in [0.25, 0.3) is 0 Å². The molecule has 1 atom stereocenters. The monoisotopic (exact) mass is 429 g/mol. The first-order chi connectivity index (χ1) is 13.6. The Balaban J connectivity index is 1.62. The lowest BCUT2D eigenvalue weighted by Gasteiger charge is -2.16. The molecule has 1 aromatic carbocycles. The number of pyridine rings is 1. The van der Waals surface area contributed by atoms with Crippen molar-refractivity contribution < 1.29 is 27.9 Å². The summed E-state index contributed by atoms with van der Waals surface area (Å²) >= 11 is 6.00. The van der Waals surface area contributed by atoms with Crippen LogP contribution in [0, 0.1) is 6.92 Å². The lowest BCUT2D eigenvalue weighted by atomic mass is 10.1. The summed E-state index contributed by atoms with van der Waals surface area (Å²) in [5, 5.41) is 10.5. The van der Waals surface area contributed by atoms with Crippen molar-refractivity contribution in [1.82, 2.24) is 9.63 Å². The third-order valence-electron chi connectivity index (χ3n) is 4.51. The molecule has 1 aromatic heterocycles. The Morgan fingerprint density at radius 2 is 2.00 bits per heavy atom. The van der Waals surface area contributed by atoms with Gasteiger partial charge in [0.25, 0.3) is 0 Å². The number of likely N-dealkylation sites (tertiary alicyclic amines) is 1. The third kappa shape index (κ3) is 5.66. The maximum Gasteiger partial charge on any atom is 0.573 e. The number of carbonyl (C=O) groups excluding carboxylic acids is 1. The summed E-state index contributed by atoms with van der Waals surface area (Å²) in [5.74, 6) is -0.478. The minimum absolute atomic E-state index is 0.0648. The average Bonchev–Trinajstić information content (AvgIpc) is 3.08. The van der Waals surface area contributed by atoms with E-state index in [9.17, 15) is 23.2 Å². The standard InChI is InChI=1S/C19H19ClF3N3O3/c1-12-8-14(20)10-17(26(12)28)24-15-6-7-25(11-15)18(27)9-13-2-4-16(5-3-13)29-19(21,22)23/h2-5,8,10,15,28H,6-7,9,11H2,1H3/t15-/m0/s1. The fraction of sp³-hybridized carbons (Fsp3) is 0.368. The average molecular weight is 430 g/mol. The molecule has 1 N–H and O–H groups in total. The van der Waals surface area contributed by atoms with Gasteiger partial charge in [-0.15, -0.1) is 13.2 Å². The van der Waals surface area contributed by atoms with Crippen LogP contribution < -0.4 is 10.2 Å². The van der Waals surface area contributed by atoms with Crippen LogP contribution in [0.4, 0.5) is 13.2 Å². The van der Waals surface area contributed by atoms with Crippen LogP contribution in [0.1, 0.15) is 17.7 Å². The largest absolute Gasteiger partial charge is 0.573 e. The number of benzene rings is 1. The highest BCUT2D eigenvalue weighted by Crippen LogP contribution is 2.23. The third-order valence-corrected chi connectivity index (χ3v) is 4.73. The minimum Gasteiger partial charge on any atom is -0.427 e. The van der Waals surface area contributed by atoms with Crippen molar-refractivity contribution in [2.24, 2.45) is 4.99 Å². The number of hydrogen-bond donors (Lipinski definition) is 1. The molecular weight excluding hydrogens is 411 g/mol. The van der Waals surface area contributed by atoms with E-state index in [2.05, 4.69) is 9.73 Å². The van der Waals surface area contributed by atoms with Crippen molar-refractivity contribution in [3.8, 4) is 5.75 Å². The second-order valence-corrected chi connectivity index (χ2v) is 7.20. The molecule has 0 bridgehead atoms. The molecule has 1 saturated heterocycles. The fourth-order valence-corrected chi connectivity index (χ4v) is 3.37. The van der Waals surface area contributed by atoms with Crippen LogP contribution in [0.15, 0.2) is 41.4 Å². The molecule has 2 heterocycles. The van der Waals surface area contributed by atoms with Crippen molar-refractivity contribution in [1.29, 1.82) is 0 Å². The van der Waals surface area contributed by atoms with E-state index < -0.39 is 6.36 Å². The number of aromatic nitrogens is 1. The zero-order chi connectivity index (χ0) is 21.2. The molecule has 1 amide bonds. The number of aryl methyl sites for hydroxylation is 1. The summed E-state index contributed by atoms with van der Waals surface area (Å²) in [4.78, 5) is 18.6. The Kier molecular flexibility index (Phi) is 6.07. The number of ether oxygens (including phenoxy) is 1. The highest BCUT2D eigenvalue weighted by molar-refractivity contribution is 6.30. The Morgan fingerprint density at radius 1 is 1.31 bits per heavy atom. The number of amides is 1. The van der Waals surface area contributed by atoms with E-state index >= 15 is 0 Å². The lowest BCUT2D eigenvalue weighted by molar-refractivity contribution is -0.274. The van der Waals surface area contributed by atoms with Gasteiger partial charge in [0.2, 0.25) is 5.91 Å². The van der Waals surface area contributed by atoms with Gasteiger partial charge in [0.1, 0.15) is 5.75 Å². The van der Waals surface area contributed by atoms with Crippen molar-refractivity contribution in [2.45, 2.75) is 32.2 Å². The van der Waals surface area contributed by atoms with Gasteiger partial charge in [0.15, 0.2) is 5.49 Å². The molecule has 156 valence electrons. The summed E-state index contributed by atoms with van der Waals surface area (Å²) in [6.45, 7) is 2.59. The zero-order valence-electron chi connectivity index (χ0n) is 15.5. The molecule has 6 nitrogen and oxygen atoms in total. The molecule has 0 saturated carbocycles. The zero-order valence-corrected chi connectivity index (χ0v) is 16.2. The van der Waals surface area contributed by atoms with Gasteiger partial charge in [-0.05, 0) is 37.1 Å². The molecule has 1 fully saturated rings. The van der Waals surface area contributed by atoms with Crippen LogP contribution in [-0.2, 0) is 11.2 Å². The number of alkyl halides is 3. The molecule has 0 unspecified atom stereocenters. The summed E-state index contributed by atoms with van der Waals surface area (Å²) in [7, 11) is 0. The van der Waals surface area contributed by atoms with E-state index in [-0.39, 0.29) is 24.1 Å². The fourth-order valence-electron chi connectivity index (χ4n) is 3.12. The van der Waals surface area contributed by atoms with Gasteiger partial charge in [0.05, 0.1) is 18.2 Å². The molecule has 3 rings (SSSR count). The Bertz CT molecular complexity index is 958. The number of hydrogen-bond acceptors (Lipinski definition) is 4. The second kappa shape index (κ2) is 8.36. The molecular formula is C19H19ClF3N3O3. The Labute approximate surface area is 169 Å². The predicted molar refractivity (Wildman–Crippen MR) is 98.7 cm³/mol. The van der Waals surface area contributed by atoms with E-state index in [1.165, 1.54) is 24.3 Å². The van der Waals surface area contributed by atoms with Gasteiger partial charge < -0.3 is 14.8 Å². The molecule has 0 aliphatic carbocycles. The van der Waals surface area contributed by atoms with Gasteiger partial charge in [-0.1, -0.05) is 23.7 Å². The molecule has 1 aliphatic rings. The van der Waals surface area contributed by atoms with Crippen LogP contribution in [0.2, 0.25) is 5.02 Å². The molecule has 29 heavy (non-hydrogen) atoms. The smallest absolute Gasteiger partial charge is 0.427 e. The maximum absolute atomic E-state index is 12.5. The number of halogens is 4. The van der Waals surface area contributed by atoms with Gasteiger partial charge >= 0.3 is 6.36 Å². The normalized spacial score (nSPS) is 17.6. The molecule has 2 aromatic rings. The number of nitrogens with zero attached hydrogens (tertiary/aromatic N) is 3. The SMILES string of the molecule is Cc1cc(Cl)cc(=N[C@H]2CCN(C(=O)Cc3ccc(OC(F)(F)F)cc3)C2)n1O. The highest BCUT2D eigenvalue weighted by atomic mass is 35.5. The predicted octanol–water partition coefficient (Wildman–Crippen LogP) is 3.33. The minimum atomic E-state index is -4.75. The molecule has 0 spiro atoms. The summed E-state index contributed by atoms with van der Waals surface area (Å²) < 4.78 is 41.4. The van der Waals surface area contributed by atoms with Crippen molar-refractivity contribution in [3.05, 3.63) is 58.2 Å². The van der Waals surface area contributed by atoms with Gasteiger partial charge in [-0.2, -0.15) is 4.73 Å². The topological polar surface area (TPSA) is 67.1 Å². The van der Waals surface area contributed by atoms with Gasteiger partial charge in [-0.3, -0.25) is 9.79 Å². The number of rotatable bonds is 4. The lowest BCUT2D eigenvalue weighted by Crippen LogP contribution is -2.31. The van der Waals surface area contributed by atoms with E-state index in [4.69, 9.17) is 11.6 Å². The molecule has 1 aliphatic heterocycles. The van der Waals surface area contributed by atoms with E-state index in [1.54, 1.807) is 24.0 Å².